The van der Waals surface area contributed by atoms with Gasteiger partial charge in [0.05, 0.1) is 6.61 Å². The smallest absolute Gasteiger partial charge is 0.133 e. The molecule has 1 aromatic heterocycles. The molecule has 1 saturated carbocycles. The third-order valence-corrected chi connectivity index (χ3v) is 2.97. The van der Waals surface area contributed by atoms with Gasteiger partial charge in [-0.1, -0.05) is 17.7 Å². The van der Waals surface area contributed by atoms with Crippen LogP contribution in [0.3, 0.4) is 0 Å². The number of hydrogen-bond acceptors (Lipinski definition) is 3. The quantitative estimate of drug-likeness (QED) is 0.614. The van der Waals surface area contributed by atoms with Crippen LogP contribution in [0, 0.1) is 5.92 Å². The van der Waals surface area contributed by atoms with E-state index < -0.39 is 0 Å². The predicted molar refractivity (Wildman–Crippen MR) is 71.7 cm³/mol. The van der Waals surface area contributed by atoms with Gasteiger partial charge < -0.3 is 10.1 Å². The Morgan fingerprint density at radius 3 is 3.00 bits per heavy atom. The number of pyridine rings is 1. The van der Waals surface area contributed by atoms with Crippen LogP contribution in [0.2, 0.25) is 5.15 Å². The average molecular weight is 277 g/mol. The van der Waals surface area contributed by atoms with E-state index in [-0.39, 0.29) is 12.4 Å². The van der Waals surface area contributed by atoms with Gasteiger partial charge in [-0.05, 0) is 24.8 Å². The molecule has 0 saturated heterocycles. The summed E-state index contributed by atoms with van der Waals surface area (Å²) >= 11 is 5.93. The lowest BCUT2D eigenvalue weighted by Crippen LogP contribution is -2.20. The number of rotatable bonds is 7. The van der Waals surface area contributed by atoms with Crippen molar-refractivity contribution < 1.29 is 4.74 Å². The topological polar surface area (TPSA) is 34.2 Å². The van der Waals surface area contributed by atoms with Crippen molar-refractivity contribution in [3.05, 3.63) is 29.0 Å². The number of nitrogens with zero attached hydrogens (tertiary/aromatic N) is 1. The first kappa shape index (κ1) is 14.7. The Labute approximate surface area is 113 Å². The Balaban J connectivity index is 0.00000144. The van der Waals surface area contributed by atoms with Gasteiger partial charge in [0.25, 0.3) is 0 Å². The molecule has 1 N–H and O–H groups in total. The highest BCUT2D eigenvalue weighted by Crippen LogP contribution is 2.28. The van der Waals surface area contributed by atoms with Crippen molar-refractivity contribution in [2.24, 2.45) is 5.92 Å². The van der Waals surface area contributed by atoms with Gasteiger partial charge in [-0.25, -0.2) is 4.98 Å². The Morgan fingerprint density at radius 2 is 2.29 bits per heavy atom. The number of aromatic nitrogens is 1. The molecule has 1 aliphatic carbocycles. The Bertz CT molecular complexity index is 332. The van der Waals surface area contributed by atoms with E-state index in [0.29, 0.717) is 5.15 Å². The number of hydrogen-bond donors (Lipinski definition) is 1. The van der Waals surface area contributed by atoms with Crippen molar-refractivity contribution >= 4 is 24.0 Å². The minimum Gasteiger partial charge on any atom is -0.380 e. The van der Waals surface area contributed by atoms with E-state index in [4.69, 9.17) is 16.3 Å². The minimum absolute atomic E-state index is 0. The van der Waals surface area contributed by atoms with Crippen LogP contribution >= 0.6 is 24.0 Å². The number of halogens is 2. The highest BCUT2D eigenvalue weighted by Gasteiger charge is 2.20. The molecular weight excluding hydrogens is 259 g/mol. The molecule has 96 valence electrons. The van der Waals surface area contributed by atoms with Crippen LogP contribution < -0.4 is 5.32 Å². The van der Waals surface area contributed by atoms with Crippen molar-refractivity contribution in [1.82, 2.24) is 10.3 Å². The molecule has 0 spiro atoms. The standard InChI is InChI=1S/C12H17ClN2O.ClH/c13-12-11(2-1-5-15-12)8-14-6-7-16-9-10-3-4-10;/h1-2,5,10,14H,3-4,6-9H2;1H. The summed E-state index contributed by atoms with van der Waals surface area (Å²) in [4.78, 5) is 4.02. The maximum Gasteiger partial charge on any atom is 0.133 e. The maximum atomic E-state index is 5.93. The van der Waals surface area contributed by atoms with Gasteiger partial charge in [0.2, 0.25) is 0 Å². The molecule has 2 rings (SSSR count). The molecule has 0 aromatic carbocycles. The van der Waals surface area contributed by atoms with Crippen molar-refractivity contribution in [2.75, 3.05) is 19.8 Å². The van der Waals surface area contributed by atoms with Gasteiger partial charge in [-0.3, -0.25) is 0 Å². The van der Waals surface area contributed by atoms with Crippen molar-refractivity contribution in [1.29, 1.82) is 0 Å². The molecule has 1 aliphatic rings. The zero-order valence-corrected chi connectivity index (χ0v) is 11.3. The molecule has 0 amide bonds. The van der Waals surface area contributed by atoms with Gasteiger partial charge in [0.15, 0.2) is 0 Å². The largest absolute Gasteiger partial charge is 0.380 e. The van der Waals surface area contributed by atoms with Gasteiger partial charge in [-0.2, -0.15) is 0 Å². The molecule has 0 aliphatic heterocycles. The highest BCUT2D eigenvalue weighted by molar-refractivity contribution is 6.30. The van der Waals surface area contributed by atoms with E-state index in [1.807, 2.05) is 12.1 Å². The van der Waals surface area contributed by atoms with E-state index in [2.05, 4.69) is 10.3 Å². The molecular formula is C12H18Cl2N2O. The lowest BCUT2D eigenvalue weighted by Gasteiger charge is -2.06. The molecule has 0 unspecified atom stereocenters. The average Bonchev–Trinajstić information content (AvgIpc) is 3.09. The van der Waals surface area contributed by atoms with Crippen LogP contribution in [0.4, 0.5) is 0 Å². The summed E-state index contributed by atoms with van der Waals surface area (Å²) in [6.45, 7) is 3.31. The van der Waals surface area contributed by atoms with Crippen molar-refractivity contribution in [3.8, 4) is 0 Å². The Hall–Kier alpha value is -0.350. The fourth-order valence-electron chi connectivity index (χ4n) is 1.45. The van der Waals surface area contributed by atoms with E-state index in [0.717, 1.165) is 37.8 Å². The van der Waals surface area contributed by atoms with Crippen LogP contribution in [0.25, 0.3) is 0 Å². The van der Waals surface area contributed by atoms with Crippen LogP contribution in [-0.4, -0.2) is 24.7 Å². The van der Waals surface area contributed by atoms with Crippen molar-refractivity contribution in [2.45, 2.75) is 19.4 Å². The maximum absolute atomic E-state index is 5.93. The molecule has 1 heterocycles. The molecule has 1 aromatic rings. The molecule has 0 bridgehead atoms. The SMILES string of the molecule is Cl.Clc1ncccc1CNCCOCC1CC1. The third kappa shape index (κ3) is 5.68. The molecule has 5 heteroatoms. The second-order valence-electron chi connectivity index (χ2n) is 4.15. The van der Waals surface area contributed by atoms with E-state index in [1.54, 1.807) is 6.20 Å². The van der Waals surface area contributed by atoms with Crippen LogP contribution in [0.15, 0.2) is 18.3 Å². The van der Waals surface area contributed by atoms with E-state index in [1.165, 1.54) is 12.8 Å². The Kier molecular flexibility index (Phi) is 6.82. The first-order chi connectivity index (χ1) is 7.86. The summed E-state index contributed by atoms with van der Waals surface area (Å²) in [5, 5.41) is 3.86. The summed E-state index contributed by atoms with van der Waals surface area (Å²) in [6.07, 6.45) is 4.39. The van der Waals surface area contributed by atoms with Crippen molar-refractivity contribution in [3.63, 3.8) is 0 Å². The molecule has 17 heavy (non-hydrogen) atoms. The lowest BCUT2D eigenvalue weighted by molar-refractivity contribution is 0.126. The minimum atomic E-state index is 0. The van der Waals surface area contributed by atoms with Crippen LogP contribution in [-0.2, 0) is 11.3 Å². The summed E-state index contributed by atoms with van der Waals surface area (Å²) in [7, 11) is 0. The fourth-order valence-corrected chi connectivity index (χ4v) is 1.64. The fraction of sp³-hybridized carbons (Fsp3) is 0.583. The summed E-state index contributed by atoms with van der Waals surface area (Å²) in [5.41, 5.74) is 1.03. The first-order valence-corrected chi connectivity index (χ1v) is 6.12. The van der Waals surface area contributed by atoms with Gasteiger partial charge >= 0.3 is 0 Å². The van der Waals surface area contributed by atoms with E-state index in [9.17, 15) is 0 Å². The zero-order chi connectivity index (χ0) is 11.2. The highest BCUT2D eigenvalue weighted by atomic mass is 35.5. The van der Waals surface area contributed by atoms with Gasteiger partial charge in [-0.15, -0.1) is 12.4 Å². The molecule has 0 atom stereocenters. The molecule has 0 radical (unpaired) electrons. The summed E-state index contributed by atoms with van der Waals surface area (Å²) in [6, 6.07) is 3.87. The monoisotopic (exact) mass is 276 g/mol. The summed E-state index contributed by atoms with van der Waals surface area (Å²) < 4.78 is 5.51. The predicted octanol–water partition coefficient (Wildman–Crippen LogP) is 2.67. The third-order valence-electron chi connectivity index (χ3n) is 2.63. The Morgan fingerprint density at radius 1 is 1.47 bits per heavy atom. The zero-order valence-electron chi connectivity index (χ0n) is 9.69. The van der Waals surface area contributed by atoms with E-state index >= 15 is 0 Å². The first-order valence-electron chi connectivity index (χ1n) is 5.74. The molecule has 3 nitrogen and oxygen atoms in total. The number of nitrogens with one attached hydrogen (secondary N) is 1. The lowest BCUT2D eigenvalue weighted by atomic mass is 10.3. The molecule has 1 fully saturated rings. The number of ether oxygens (including phenoxy) is 1. The van der Waals surface area contributed by atoms with Gasteiger partial charge in [0.1, 0.15) is 5.15 Å². The van der Waals surface area contributed by atoms with Crippen LogP contribution in [0.5, 0.6) is 0 Å². The summed E-state index contributed by atoms with van der Waals surface area (Å²) in [5.74, 6) is 0.841. The second-order valence-corrected chi connectivity index (χ2v) is 4.51. The normalized spacial score (nSPS) is 14.4. The second kappa shape index (κ2) is 7.88. The van der Waals surface area contributed by atoms with Crippen LogP contribution in [0.1, 0.15) is 18.4 Å². The van der Waals surface area contributed by atoms with Gasteiger partial charge in [0, 0.05) is 31.5 Å².